The van der Waals surface area contributed by atoms with E-state index in [0.29, 0.717) is 11.8 Å². The normalized spacial score (nSPS) is 12.0. The molecule has 132 valence electrons. The van der Waals surface area contributed by atoms with Gasteiger partial charge in [-0.2, -0.15) is 0 Å². The van der Waals surface area contributed by atoms with Crippen LogP contribution in [0.5, 0.6) is 0 Å². The summed E-state index contributed by atoms with van der Waals surface area (Å²) >= 11 is 0. The molecule has 0 N–H and O–H groups in total. The van der Waals surface area contributed by atoms with Crippen molar-refractivity contribution in [3.63, 3.8) is 0 Å². The number of nitrogens with zero attached hydrogens (tertiary/aromatic N) is 3. The van der Waals surface area contributed by atoms with E-state index >= 15 is 0 Å². The minimum absolute atomic E-state index is 0. The standard InChI is InChI=1S/C20H23N3O.ClH/c1-4-23(5-2)18(16-9-7-6-8-10-16)20-22-21-19(24-20)17-13-11-15(3)12-14-17;/h6-14,18H,4-5H2,1-3H3;1H. The molecule has 0 aliphatic carbocycles. The second-order valence-corrected chi connectivity index (χ2v) is 5.85. The highest BCUT2D eigenvalue weighted by Crippen LogP contribution is 2.29. The molecule has 1 atom stereocenters. The van der Waals surface area contributed by atoms with E-state index in [9.17, 15) is 0 Å². The molecule has 0 amide bonds. The Bertz CT molecular complexity index is 767. The van der Waals surface area contributed by atoms with Gasteiger partial charge in [-0.05, 0) is 37.7 Å². The summed E-state index contributed by atoms with van der Waals surface area (Å²) in [5, 5.41) is 8.62. The van der Waals surface area contributed by atoms with Gasteiger partial charge in [0.25, 0.3) is 0 Å². The summed E-state index contributed by atoms with van der Waals surface area (Å²) in [6, 6.07) is 18.4. The van der Waals surface area contributed by atoms with Crippen LogP contribution in [0.15, 0.2) is 59.0 Å². The van der Waals surface area contributed by atoms with Gasteiger partial charge in [0.1, 0.15) is 6.04 Å². The van der Waals surface area contributed by atoms with Crippen molar-refractivity contribution in [2.45, 2.75) is 26.8 Å². The highest BCUT2D eigenvalue weighted by Gasteiger charge is 2.26. The van der Waals surface area contributed by atoms with E-state index in [2.05, 4.69) is 60.1 Å². The predicted molar refractivity (Wildman–Crippen MR) is 103 cm³/mol. The zero-order chi connectivity index (χ0) is 16.9. The Kier molecular flexibility index (Phi) is 6.73. The fourth-order valence-electron chi connectivity index (χ4n) is 2.89. The first kappa shape index (κ1) is 19.2. The molecular weight excluding hydrogens is 334 g/mol. The Morgan fingerprint density at radius 2 is 1.56 bits per heavy atom. The van der Waals surface area contributed by atoms with Crippen LogP contribution in [0.1, 0.15) is 36.9 Å². The first-order chi connectivity index (χ1) is 11.7. The average molecular weight is 358 g/mol. The quantitative estimate of drug-likeness (QED) is 0.629. The molecule has 25 heavy (non-hydrogen) atoms. The van der Waals surface area contributed by atoms with Crippen LogP contribution in [0, 0.1) is 6.92 Å². The summed E-state index contributed by atoms with van der Waals surface area (Å²) in [5.74, 6) is 1.21. The van der Waals surface area contributed by atoms with Gasteiger partial charge >= 0.3 is 0 Å². The van der Waals surface area contributed by atoms with E-state index in [0.717, 1.165) is 18.7 Å². The van der Waals surface area contributed by atoms with Crippen molar-refractivity contribution in [1.82, 2.24) is 15.1 Å². The second kappa shape index (κ2) is 8.79. The summed E-state index contributed by atoms with van der Waals surface area (Å²) in [4.78, 5) is 2.32. The van der Waals surface area contributed by atoms with Crippen molar-refractivity contribution >= 4 is 12.4 Å². The summed E-state index contributed by atoms with van der Waals surface area (Å²) in [6.45, 7) is 8.19. The number of aryl methyl sites for hydroxylation is 1. The maximum Gasteiger partial charge on any atom is 0.247 e. The molecule has 0 bridgehead atoms. The third-order valence-electron chi connectivity index (χ3n) is 4.27. The van der Waals surface area contributed by atoms with Gasteiger partial charge in [0.15, 0.2) is 0 Å². The van der Waals surface area contributed by atoms with Crippen LogP contribution in [0.4, 0.5) is 0 Å². The van der Waals surface area contributed by atoms with Gasteiger partial charge in [0, 0.05) is 5.56 Å². The number of halogens is 1. The van der Waals surface area contributed by atoms with E-state index in [4.69, 9.17) is 4.42 Å². The topological polar surface area (TPSA) is 42.2 Å². The lowest BCUT2D eigenvalue weighted by atomic mass is 10.1. The van der Waals surface area contributed by atoms with Crippen LogP contribution in [0.3, 0.4) is 0 Å². The lowest BCUT2D eigenvalue weighted by Gasteiger charge is -2.27. The lowest BCUT2D eigenvalue weighted by molar-refractivity contribution is 0.219. The van der Waals surface area contributed by atoms with Crippen molar-refractivity contribution in [1.29, 1.82) is 0 Å². The first-order valence-electron chi connectivity index (χ1n) is 8.42. The maximum absolute atomic E-state index is 6.05. The molecule has 1 heterocycles. The molecule has 1 aromatic heterocycles. The van der Waals surface area contributed by atoms with Crippen LogP contribution in [-0.2, 0) is 0 Å². The van der Waals surface area contributed by atoms with E-state index < -0.39 is 0 Å². The van der Waals surface area contributed by atoms with E-state index in [1.165, 1.54) is 11.1 Å². The number of aromatic nitrogens is 2. The molecule has 0 radical (unpaired) electrons. The Balaban J connectivity index is 0.00000225. The number of hydrogen-bond acceptors (Lipinski definition) is 4. The Labute approximate surface area is 155 Å². The highest BCUT2D eigenvalue weighted by atomic mass is 35.5. The SMILES string of the molecule is CCN(CC)C(c1ccccc1)c1nnc(-c2ccc(C)cc2)o1.Cl. The van der Waals surface area contributed by atoms with Crippen LogP contribution >= 0.6 is 12.4 Å². The van der Waals surface area contributed by atoms with Crippen LogP contribution < -0.4 is 0 Å². The summed E-state index contributed by atoms with van der Waals surface area (Å²) < 4.78 is 6.05. The largest absolute Gasteiger partial charge is 0.419 e. The summed E-state index contributed by atoms with van der Waals surface area (Å²) in [7, 11) is 0. The van der Waals surface area contributed by atoms with Crippen molar-refractivity contribution < 1.29 is 4.42 Å². The summed E-state index contributed by atoms with van der Waals surface area (Å²) in [6.07, 6.45) is 0. The number of benzene rings is 2. The lowest BCUT2D eigenvalue weighted by Crippen LogP contribution is -2.29. The minimum atomic E-state index is -0.0205. The van der Waals surface area contributed by atoms with Gasteiger partial charge in [-0.25, -0.2) is 0 Å². The van der Waals surface area contributed by atoms with E-state index in [1.807, 2.05) is 30.3 Å². The monoisotopic (exact) mass is 357 g/mol. The average Bonchev–Trinajstić information content (AvgIpc) is 3.10. The molecule has 0 aliphatic rings. The molecule has 0 saturated heterocycles. The van der Waals surface area contributed by atoms with Gasteiger partial charge in [-0.15, -0.1) is 22.6 Å². The van der Waals surface area contributed by atoms with Gasteiger partial charge in [0.05, 0.1) is 0 Å². The molecule has 1 unspecified atom stereocenters. The van der Waals surface area contributed by atoms with Crippen LogP contribution in [0.25, 0.3) is 11.5 Å². The van der Waals surface area contributed by atoms with E-state index in [-0.39, 0.29) is 18.4 Å². The molecule has 4 nitrogen and oxygen atoms in total. The van der Waals surface area contributed by atoms with Crippen molar-refractivity contribution in [2.24, 2.45) is 0 Å². The first-order valence-corrected chi connectivity index (χ1v) is 8.42. The predicted octanol–water partition coefficient (Wildman–Crippen LogP) is 4.90. The zero-order valence-electron chi connectivity index (χ0n) is 14.8. The number of rotatable bonds is 6. The fraction of sp³-hybridized carbons (Fsp3) is 0.300. The van der Waals surface area contributed by atoms with E-state index in [1.54, 1.807) is 0 Å². The van der Waals surface area contributed by atoms with Gasteiger partial charge in [-0.3, -0.25) is 4.90 Å². The molecule has 3 rings (SSSR count). The Morgan fingerprint density at radius 1 is 0.920 bits per heavy atom. The molecule has 0 spiro atoms. The third kappa shape index (κ3) is 4.27. The van der Waals surface area contributed by atoms with Crippen LogP contribution in [-0.4, -0.2) is 28.2 Å². The highest BCUT2D eigenvalue weighted by molar-refractivity contribution is 5.85. The van der Waals surface area contributed by atoms with Gasteiger partial charge in [0.2, 0.25) is 11.8 Å². The molecule has 0 fully saturated rings. The van der Waals surface area contributed by atoms with Crippen molar-refractivity contribution in [2.75, 3.05) is 13.1 Å². The fourth-order valence-corrected chi connectivity index (χ4v) is 2.89. The second-order valence-electron chi connectivity index (χ2n) is 5.85. The molecule has 0 saturated carbocycles. The molecule has 0 aliphatic heterocycles. The maximum atomic E-state index is 6.05. The molecular formula is C20H24ClN3O. The summed E-state index contributed by atoms with van der Waals surface area (Å²) in [5.41, 5.74) is 3.33. The third-order valence-corrected chi connectivity index (χ3v) is 4.27. The number of hydrogen-bond donors (Lipinski definition) is 0. The van der Waals surface area contributed by atoms with Gasteiger partial charge in [-0.1, -0.05) is 61.9 Å². The molecule has 3 aromatic rings. The Morgan fingerprint density at radius 3 is 2.16 bits per heavy atom. The van der Waals surface area contributed by atoms with Crippen molar-refractivity contribution in [3.8, 4) is 11.5 Å². The smallest absolute Gasteiger partial charge is 0.247 e. The molecule has 2 aromatic carbocycles. The van der Waals surface area contributed by atoms with Crippen molar-refractivity contribution in [3.05, 3.63) is 71.6 Å². The van der Waals surface area contributed by atoms with Gasteiger partial charge < -0.3 is 4.42 Å². The molecule has 5 heteroatoms. The zero-order valence-corrected chi connectivity index (χ0v) is 15.7. The minimum Gasteiger partial charge on any atom is -0.419 e. The van der Waals surface area contributed by atoms with Crippen LogP contribution in [0.2, 0.25) is 0 Å². The Hall–Kier alpha value is -2.17.